The second-order valence-electron chi connectivity index (χ2n) is 8.20. The molecule has 5 aromatic rings. The van der Waals surface area contributed by atoms with Gasteiger partial charge in [0.1, 0.15) is 0 Å². The van der Waals surface area contributed by atoms with Crippen LogP contribution >= 0.6 is 11.8 Å². The number of anilines is 1. The third-order valence-corrected chi connectivity index (χ3v) is 6.78. The first-order chi connectivity index (χ1) is 17.2. The fourth-order valence-electron chi connectivity index (χ4n) is 4.72. The first-order valence-corrected chi connectivity index (χ1v) is 12.4. The molecule has 1 amide bonds. The molecule has 35 heavy (non-hydrogen) atoms. The Morgan fingerprint density at radius 2 is 1.63 bits per heavy atom. The van der Waals surface area contributed by atoms with Gasteiger partial charge in [-0.05, 0) is 47.4 Å². The van der Waals surface area contributed by atoms with Crippen LogP contribution < -0.4 is 14.7 Å². The zero-order chi connectivity index (χ0) is 23.9. The van der Waals surface area contributed by atoms with Crippen molar-refractivity contribution >= 4 is 34.1 Å². The van der Waals surface area contributed by atoms with E-state index in [0.717, 1.165) is 16.3 Å². The second-order valence-corrected chi connectivity index (χ2v) is 8.97. The maximum Gasteiger partial charge on any atom is 0.293 e. The van der Waals surface area contributed by atoms with E-state index in [2.05, 4.69) is 4.98 Å². The maximum absolute atomic E-state index is 14.1. The molecule has 0 saturated heterocycles. The van der Waals surface area contributed by atoms with E-state index in [1.165, 1.54) is 11.8 Å². The largest absolute Gasteiger partial charge is 0.854 e. The smallest absolute Gasteiger partial charge is 0.293 e. The zero-order valence-electron chi connectivity index (χ0n) is 18.8. The highest BCUT2D eigenvalue weighted by Crippen LogP contribution is 2.42. The van der Waals surface area contributed by atoms with Gasteiger partial charge in [-0.15, -0.1) is 0 Å². The Labute approximate surface area is 206 Å². The minimum absolute atomic E-state index is 0.175. The van der Waals surface area contributed by atoms with Gasteiger partial charge in [-0.1, -0.05) is 83.2 Å². The molecule has 1 aliphatic rings. The number of rotatable bonds is 3. The summed E-state index contributed by atoms with van der Waals surface area (Å²) in [5, 5.41) is 20.4. The van der Waals surface area contributed by atoms with Crippen LogP contribution in [0, 0.1) is 0 Å². The molecule has 1 atom stereocenters. The van der Waals surface area contributed by atoms with Crippen LogP contribution in [0.4, 0.5) is 5.69 Å². The van der Waals surface area contributed by atoms with E-state index in [1.54, 1.807) is 21.7 Å². The van der Waals surface area contributed by atoms with Crippen molar-refractivity contribution in [3.8, 4) is 17.1 Å². The normalized spacial score (nSPS) is 14.4. The molecular weight excluding hydrogens is 456 g/mol. The van der Waals surface area contributed by atoms with Gasteiger partial charge in [0.2, 0.25) is 0 Å². The van der Waals surface area contributed by atoms with E-state index >= 15 is 0 Å². The number of nitrogens with zero attached hydrogens (tertiary/aromatic N) is 4. The second kappa shape index (κ2) is 8.52. The van der Waals surface area contributed by atoms with Crippen molar-refractivity contribution < 1.29 is 14.6 Å². The fourth-order valence-corrected chi connectivity index (χ4v) is 5.06. The molecule has 6 nitrogen and oxygen atoms in total. The predicted molar refractivity (Wildman–Crippen MR) is 134 cm³/mol. The Morgan fingerprint density at radius 3 is 2.46 bits per heavy atom. The minimum atomic E-state index is -0.680. The maximum atomic E-state index is 14.1. The van der Waals surface area contributed by atoms with Crippen molar-refractivity contribution in [2.24, 2.45) is 0 Å². The van der Waals surface area contributed by atoms with Gasteiger partial charge in [-0.3, -0.25) is 4.79 Å². The first kappa shape index (κ1) is 21.3. The lowest BCUT2D eigenvalue weighted by Gasteiger charge is -2.34. The number of para-hydroxylation sites is 1. The first-order valence-electron chi connectivity index (χ1n) is 11.2. The molecular formula is C28H20N4O2S. The summed E-state index contributed by atoms with van der Waals surface area (Å²) >= 11 is 1.30. The van der Waals surface area contributed by atoms with Crippen molar-refractivity contribution in [3.63, 3.8) is 0 Å². The standard InChI is InChI=1S/C28H20N4O2S/c1-35-28-29-25(33)24-22-15-7-8-17-23(22)31(27(34)19-11-3-2-4-12-19)26(32(24)30-28)21-16-9-13-18-10-5-6-14-20(18)21/h2-17,26H,1H3. The Balaban J connectivity index is 1.71. The molecule has 1 aliphatic heterocycles. The Morgan fingerprint density at radius 1 is 0.914 bits per heavy atom. The molecule has 1 unspecified atom stereocenters. The van der Waals surface area contributed by atoms with Crippen molar-refractivity contribution in [2.45, 2.75) is 11.3 Å². The average Bonchev–Trinajstić information content (AvgIpc) is 2.91. The van der Waals surface area contributed by atoms with Crippen LogP contribution in [-0.2, 0) is 0 Å². The molecule has 2 heterocycles. The lowest BCUT2D eigenvalue weighted by molar-refractivity contribution is -0.763. The summed E-state index contributed by atoms with van der Waals surface area (Å²) in [6.07, 6.45) is 1.15. The van der Waals surface area contributed by atoms with Gasteiger partial charge in [0.25, 0.3) is 22.9 Å². The van der Waals surface area contributed by atoms with Crippen LogP contribution in [-0.4, -0.2) is 22.2 Å². The molecule has 0 aliphatic carbocycles. The third-order valence-electron chi connectivity index (χ3n) is 6.24. The molecule has 0 N–H and O–H groups in total. The number of hydrogen-bond acceptors (Lipinski definition) is 5. The Bertz CT molecular complexity index is 1580. The highest BCUT2D eigenvalue weighted by atomic mass is 32.2. The van der Waals surface area contributed by atoms with E-state index in [0.29, 0.717) is 27.7 Å². The molecule has 4 aromatic carbocycles. The van der Waals surface area contributed by atoms with Gasteiger partial charge < -0.3 is 5.11 Å². The van der Waals surface area contributed by atoms with Crippen LogP contribution in [0.15, 0.2) is 102 Å². The van der Waals surface area contributed by atoms with Gasteiger partial charge in [-0.2, -0.15) is 0 Å². The number of carbonyl (C=O) groups excluding carboxylic acids is 1. The molecule has 6 rings (SSSR count). The molecule has 0 saturated carbocycles. The average molecular weight is 477 g/mol. The van der Waals surface area contributed by atoms with Crippen LogP contribution in [0.1, 0.15) is 22.1 Å². The lowest BCUT2D eigenvalue weighted by Crippen LogP contribution is -2.59. The van der Waals surface area contributed by atoms with Gasteiger partial charge in [0.05, 0.1) is 22.7 Å². The summed E-state index contributed by atoms with van der Waals surface area (Å²) in [6.45, 7) is 0. The van der Waals surface area contributed by atoms with Crippen LogP contribution in [0.3, 0.4) is 0 Å². The summed E-state index contributed by atoms with van der Waals surface area (Å²) in [5.74, 6) is -0.542. The number of fused-ring (bicyclic) bond motifs is 4. The predicted octanol–water partition coefficient (Wildman–Crippen LogP) is 4.59. The van der Waals surface area contributed by atoms with Crippen molar-refractivity contribution in [3.05, 3.63) is 108 Å². The van der Waals surface area contributed by atoms with Gasteiger partial charge in [0.15, 0.2) is 0 Å². The molecule has 0 fully saturated rings. The molecule has 1 aromatic heterocycles. The SMILES string of the molecule is CSc1nc([O-])c2[n+](n1)C(c1cccc3ccccc13)N(C(=O)c1ccccc1)c1ccccc1-2. The number of hydrogen-bond donors (Lipinski definition) is 0. The van der Waals surface area contributed by atoms with Crippen LogP contribution in [0.2, 0.25) is 0 Å². The Kier molecular flexibility index (Phi) is 5.19. The van der Waals surface area contributed by atoms with Crippen LogP contribution in [0.25, 0.3) is 22.0 Å². The summed E-state index contributed by atoms with van der Waals surface area (Å²) < 4.78 is 1.67. The van der Waals surface area contributed by atoms with Crippen molar-refractivity contribution in [2.75, 3.05) is 11.2 Å². The number of aromatic nitrogens is 3. The lowest BCUT2D eigenvalue weighted by atomic mass is 9.96. The highest BCUT2D eigenvalue weighted by molar-refractivity contribution is 7.98. The van der Waals surface area contributed by atoms with Gasteiger partial charge in [-0.25, -0.2) is 9.88 Å². The Hall–Kier alpha value is -4.23. The summed E-state index contributed by atoms with van der Waals surface area (Å²) in [5.41, 5.74) is 3.08. The zero-order valence-corrected chi connectivity index (χ0v) is 19.6. The molecule has 7 heteroatoms. The molecule has 0 spiro atoms. The molecule has 0 radical (unpaired) electrons. The van der Waals surface area contributed by atoms with Gasteiger partial charge >= 0.3 is 0 Å². The van der Waals surface area contributed by atoms with Crippen molar-refractivity contribution in [1.29, 1.82) is 0 Å². The summed E-state index contributed by atoms with van der Waals surface area (Å²) in [6, 6.07) is 30.7. The van der Waals surface area contributed by atoms with E-state index in [9.17, 15) is 9.90 Å². The quantitative estimate of drug-likeness (QED) is 0.281. The monoisotopic (exact) mass is 476 g/mol. The number of thioether (sulfide) groups is 1. The molecule has 170 valence electrons. The van der Waals surface area contributed by atoms with E-state index in [1.807, 2.05) is 91.2 Å². The van der Waals surface area contributed by atoms with Crippen molar-refractivity contribution in [1.82, 2.24) is 10.1 Å². The fraction of sp³-hybridized carbons (Fsp3) is 0.0714. The number of carbonyl (C=O) groups is 1. The number of benzene rings is 4. The molecule has 0 bridgehead atoms. The van der Waals surface area contributed by atoms with E-state index in [-0.39, 0.29) is 11.8 Å². The summed E-state index contributed by atoms with van der Waals surface area (Å²) in [4.78, 5) is 20.1. The number of amides is 1. The van der Waals surface area contributed by atoms with Gasteiger partial charge in [0, 0.05) is 10.7 Å². The third kappa shape index (κ3) is 3.43. The van der Waals surface area contributed by atoms with Crippen LogP contribution in [0.5, 0.6) is 5.88 Å². The summed E-state index contributed by atoms with van der Waals surface area (Å²) in [7, 11) is 0. The van der Waals surface area contributed by atoms with E-state index < -0.39 is 6.17 Å². The van der Waals surface area contributed by atoms with E-state index in [4.69, 9.17) is 5.10 Å². The highest BCUT2D eigenvalue weighted by Gasteiger charge is 2.45. The topological polar surface area (TPSA) is 73.0 Å². The minimum Gasteiger partial charge on any atom is -0.854 e.